The molecule has 3 fully saturated rings. The van der Waals surface area contributed by atoms with Crippen LogP contribution in [0.1, 0.15) is 53.4 Å². The Morgan fingerprint density at radius 1 is 1.21 bits per heavy atom. The molecule has 10 heteroatoms. The van der Waals surface area contributed by atoms with Crippen LogP contribution in [-0.4, -0.2) is 104 Å². The number of carbonyl (C=O) groups is 2. The Labute approximate surface area is 236 Å². The van der Waals surface area contributed by atoms with Crippen LogP contribution >= 0.6 is 10.9 Å². The Hall–Kier alpha value is -1.59. The van der Waals surface area contributed by atoms with Gasteiger partial charge in [0.2, 0.25) is 5.91 Å². The van der Waals surface area contributed by atoms with Gasteiger partial charge in [-0.05, 0) is 48.7 Å². The van der Waals surface area contributed by atoms with Crippen molar-refractivity contribution in [1.29, 1.82) is 0 Å². The summed E-state index contributed by atoms with van der Waals surface area (Å²) in [6, 6.07) is -1.58. The van der Waals surface area contributed by atoms with Crippen LogP contribution in [0.15, 0.2) is 25.3 Å². The second-order valence-corrected chi connectivity index (χ2v) is 15.3. The lowest BCUT2D eigenvalue weighted by molar-refractivity contribution is -0.130. The minimum atomic E-state index is -1.33. The van der Waals surface area contributed by atoms with Crippen LogP contribution in [0, 0.1) is 23.2 Å². The van der Waals surface area contributed by atoms with Crippen LogP contribution < -0.4 is 5.32 Å². The predicted octanol–water partition coefficient (Wildman–Crippen LogP) is 2.55. The molecular formula is C29H50N2O7S. The molecule has 3 heterocycles. The molecule has 0 aromatic rings. The van der Waals surface area contributed by atoms with Gasteiger partial charge in [0.1, 0.15) is 12.1 Å². The minimum absolute atomic E-state index is 0.0682. The number of likely N-dealkylation sites (tertiary alicyclic amines) is 1. The number of thiol groups is 1. The average molecular weight is 571 g/mol. The highest BCUT2D eigenvalue weighted by Crippen LogP contribution is 2.45. The fraction of sp³-hybridized carbons (Fsp3) is 0.793. The van der Waals surface area contributed by atoms with Crippen molar-refractivity contribution < 1.29 is 34.8 Å². The summed E-state index contributed by atoms with van der Waals surface area (Å²) >= 11 is 0. The van der Waals surface area contributed by atoms with E-state index in [9.17, 15) is 30.0 Å². The molecule has 0 radical (unpaired) electrons. The summed E-state index contributed by atoms with van der Waals surface area (Å²) in [7, 11) is -1.03. The van der Waals surface area contributed by atoms with Crippen LogP contribution in [0.3, 0.4) is 0 Å². The van der Waals surface area contributed by atoms with Crippen LogP contribution in [0.5, 0.6) is 0 Å². The number of hydrogen-bond acceptors (Lipinski definition) is 6. The van der Waals surface area contributed by atoms with Crippen LogP contribution in [0.2, 0.25) is 0 Å². The molecule has 0 bridgehead atoms. The van der Waals surface area contributed by atoms with Gasteiger partial charge in [0.25, 0.3) is 0 Å². The molecule has 0 spiro atoms. The first-order chi connectivity index (χ1) is 18.3. The lowest BCUT2D eigenvalue weighted by Gasteiger charge is -2.48. The largest absolute Gasteiger partial charge is 0.465 e. The van der Waals surface area contributed by atoms with Gasteiger partial charge in [-0.3, -0.25) is 9.69 Å². The Bertz CT molecular complexity index is 884. The maximum absolute atomic E-state index is 14.0. The first-order valence-corrected chi connectivity index (χ1v) is 16.0. The zero-order chi connectivity index (χ0) is 29.1. The van der Waals surface area contributed by atoms with Crippen molar-refractivity contribution in [3.8, 4) is 0 Å². The number of ether oxygens (including phenoxy) is 1. The molecule has 9 nitrogen and oxygen atoms in total. The van der Waals surface area contributed by atoms with Crippen molar-refractivity contribution in [2.75, 3.05) is 24.7 Å². The van der Waals surface area contributed by atoms with Crippen molar-refractivity contribution in [2.24, 2.45) is 23.2 Å². The summed E-state index contributed by atoms with van der Waals surface area (Å²) in [5.41, 5.74) is -0.415. The summed E-state index contributed by atoms with van der Waals surface area (Å²) in [6.45, 7) is 16.8. The summed E-state index contributed by atoms with van der Waals surface area (Å²) in [6.07, 6.45) is 1.39. The highest BCUT2D eigenvalue weighted by Gasteiger charge is 2.52. The van der Waals surface area contributed by atoms with Gasteiger partial charge in [-0.25, -0.2) is 15.7 Å². The third-order valence-corrected chi connectivity index (χ3v) is 11.8. The normalized spacial score (nSPS) is 37.0. The van der Waals surface area contributed by atoms with Gasteiger partial charge >= 0.3 is 6.09 Å². The maximum atomic E-state index is 14.0. The van der Waals surface area contributed by atoms with Gasteiger partial charge in [0, 0.05) is 36.1 Å². The van der Waals surface area contributed by atoms with Crippen molar-refractivity contribution in [1.82, 2.24) is 10.2 Å². The highest BCUT2D eigenvalue weighted by atomic mass is 32.2. The minimum Gasteiger partial charge on any atom is -0.465 e. The van der Waals surface area contributed by atoms with Crippen LogP contribution in [0.25, 0.3) is 0 Å². The molecule has 224 valence electrons. The Morgan fingerprint density at radius 3 is 2.49 bits per heavy atom. The number of rotatable bonds is 10. The summed E-state index contributed by atoms with van der Waals surface area (Å²) in [5, 5.41) is 44.8. The second kappa shape index (κ2) is 13.4. The van der Waals surface area contributed by atoms with E-state index in [0.29, 0.717) is 36.4 Å². The molecule has 10 atom stereocenters. The molecule has 2 amide bonds. The number of amides is 2. The number of aliphatic hydroxyl groups excluding tert-OH is 3. The Kier molecular flexibility index (Phi) is 11.0. The number of nitrogens with zero attached hydrogens (tertiary/aromatic N) is 1. The van der Waals surface area contributed by atoms with Crippen LogP contribution in [-0.2, 0) is 9.53 Å². The molecule has 39 heavy (non-hydrogen) atoms. The Morgan fingerprint density at radius 2 is 1.90 bits per heavy atom. The number of carbonyl (C=O) groups excluding carboxylic acids is 1. The van der Waals surface area contributed by atoms with Gasteiger partial charge < -0.3 is 30.5 Å². The molecule has 3 aliphatic rings. The number of nitrogens with one attached hydrogen (secondary N) is 1. The molecule has 5 N–H and O–H groups in total. The predicted molar refractivity (Wildman–Crippen MR) is 155 cm³/mol. The third-order valence-electron chi connectivity index (χ3n) is 8.67. The van der Waals surface area contributed by atoms with Gasteiger partial charge in [0.15, 0.2) is 0 Å². The molecular weight excluding hydrogens is 520 g/mol. The molecule has 0 aliphatic carbocycles. The van der Waals surface area contributed by atoms with E-state index >= 15 is 0 Å². The molecule has 3 rings (SSSR count). The maximum Gasteiger partial charge on any atom is 0.408 e. The SMILES string of the molecule is C=CC[SH]1C[C@H](O)[C@H](O)[C@@H](O)[C@H]1[C@@H](CC(C)(C)C=C)NC(=O)[C@@H]1[C@@H]2OCC[C@@H](CC(C)C)C[C@H]2CN1C(=O)O. The van der Waals surface area contributed by atoms with Crippen molar-refractivity contribution in [2.45, 2.75) is 95.1 Å². The second-order valence-electron chi connectivity index (χ2n) is 12.8. The Balaban J connectivity index is 1.91. The van der Waals surface area contributed by atoms with Crippen LogP contribution in [0.4, 0.5) is 4.79 Å². The number of aliphatic hydroxyl groups is 3. The van der Waals surface area contributed by atoms with E-state index < -0.39 is 70.1 Å². The summed E-state index contributed by atoms with van der Waals surface area (Å²) < 4.78 is 6.20. The van der Waals surface area contributed by atoms with E-state index in [2.05, 4.69) is 32.3 Å². The number of fused-ring (bicyclic) bond motifs is 1. The summed E-state index contributed by atoms with van der Waals surface area (Å²) in [4.78, 5) is 27.5. The lowest BCUT2D eigenvalue weighted by atomic mass is 9.83. The molecule has 3 aliphatic heterocycles. The smallest absolute Gasteiger partial charge is 0.408 e. The molecule has 0 aromatic heterocycles. The quantitative estimate of drug-likeness (QED) is 0.175. The monoisotopic (exact) mass is 570 g/mol. The van der Waals surface area contributed by atoms with Gasteiger partial charge in [-0.15, -0.1) is 13.2 Å². The van der Waals surface area contributed by atoms with Gasteiger partial charge in [0.05, 0.1) is 18.3 Å². The molecule has 0 saturated carbocycles. The zero-order valence-electron chi connectivity index (χ0n) is 23.9. The molecule has 1 unspecified atom stereocenters. The van der Waals surface area contributed by atoms with E-state index in [-0.39, 0.29) is 12.5 Å². The fourth-order valence-corrected chi connectivity index (χ4v) is 9.73. The van der Waals surface area contributed by atoms with Gasteiger partial charge in [-0.1, -0.05) is 39.8 Å². The summed E-state index contributed by atoms with van der Waals surface area (Å²) in [5.74, 6) is 1.31. The highest BCUT2D eigenvalue weighted by molar-refractivity contribution is 8.17. The van der Waals surface area contributed by atoms with Crippen molar-refractivity contribution in [3.05, 3.63) is 25.3 Å². The van der Waals surface area contributed by atoms with E-state index in [1.54, 1.807) is 12.2 Å². The number of hydrogen-bond donors (Lipinski definition) is 6. The average Bonchev–Trinajstić information content (AvgIpc) is 3.09. The standard InChI is InChI=1S/C29H50N2O7S/c1-7-11-39-16-21(32)23(33)24(34)26(39)20(14-29(5,6)8-2)30-27(35)22-25-19(15-31(22)28(36)37)13-18(9-10-38-25)12-17(3)4/h7-8,17-26,32-34,39H,1-2,9-16H2,3-6H3,(H,30,35)(H,36,37)/t18-,19-,20+,21-,22-,23-,24+,25+,26+/m0/s1. The van der Waals surface area contributed by atoms with E-state index in [4.69, 9.17) is 4.74 Å². The van der Waals surface area contributed by atoms with Crippen molar-refractivity contribution in [3.63, 3.8) is 0 Å². The fourth-order valence-electron chi connectivity index (χ4n) is 6.77. The van der Waals surface area contributed by atoms with Gasteiger partial charge in [-0.2, -0.15) is 0 Å². The van der Waals surface area contributed by atoms with E-state index in [1.165, 1.54) is 4.90 Å². The zero-order valence-corrected chi connectivity index (χ0v) is 24.8. The molecule has 3 saturated heterocycles. The lowest BCUT2D eigenvalue weighted by Crippen LogP contribution is -2.62. The number of carboxylic acid groups (broad SMARTS) is 1. The molecule has 0 aromatic carbocycles. The number of allylic oxidation sites excluding steroid dienone is 1. The first kappa shape index (κ1) is 31.9. The first-order valence-electron chi connectivity index (χ1n) is 14.2. The topological polar surface area (TPSA) is 140 Å². The third kappa shape index (κ3) is 7.58. The van der Waals surface area contributed by atoms with E-state index in [1.807, 2.05) is 13.8 Å². The van der Waals surface area contributed by atoms with E-state index in [0.717, 1.165) is 19.3 Å². The van der Waals surface area contributed by atoms with Crippen molar-refractivity contribution >= 4 is 22.9 Å².